The molecule has 4 heteroatoms. The van der Waals surface area contributed by atoms with Crippen molar-refractivity contribution < 1.29 is 9.90 Å². The van der Waals surface area contributed by atoms with Gasteiger partial charge in [-0.25, -0.2) is 0 Å². The lowest BCUT2D eigenvalue weighted by atomic mass is 10.1. The molecular weight excluding hydrogens is 306 g/mol. The summed E-state index contributed by atoms with van der Waals surface area (Å²) in [7, 11) is 0. The van der Waals surface area contributed by atoms with Gasteiger partial charge in [0, 0.05) is 17.1 Å². The van der Waals surface area contributed by atoms with Crippen LogP contribution in [0.5, 0.6) is 0 Å². The summed E-state index contributed by atoms with van der Waals surface area (Å²) in [6.07, 6.45) is 5.01. The molecule has 0 heterocycles. The highest BCUT2D eigenvalue weighted by Gasteiger charge is 2.29. The van der Waals surface area contributed by atoms with Crippen molar-refractivity contribution >= 4 is 27.9 Å². The molecule has 1 amide bonds. The van der Waals surface area contributed by atoms with Crippen LogP contribution in [0.4, 0.5) is 0 Å². The minimum Gasteiger partial charge on any atom is -0.391 e. The van der Waals surface area contributed by atoms with Gasteiger partial charge in [0.1, 0.15) is 0 Å². The van der Waals surface area contributed by atoms with Gasteiger partial charge in [-0.1, -0.05) is 28.1 Å². The topological polar surface area (TPSA) is 49.3 Å². The van der Waals surface area contributed by atoms with Gasteiger partial charge in [-0.3, -0.25) is 4.79 Å². The zero-order chi connectivity index (χ0) is 13.8. The molecule has 102 valence electrons. The Bertz CT molecular complexity index is 495. The predicted molar refractivity (Wildman–Crippen MR) is 79.7 cm³/mol. The number of carbonyl (C=O) groups is 1. The van der Waals surface area contributed by atoms with E-state index in [0.717, 1.165) is 22.9 Å². The molecule has 0 aliphatic heterocycles. The standard InChI is InChI=1S/C15H18BrNO2/c1-10-2-3-11(13(16)8-10)6-7-15(19)17-9-14(18)12-4-5-12/h2-3,6-8,12,14,18H,4-5,9H2,1H3,(H,17,19)/b7-6+. The molecule has 1 aliphatic rings. The third-order valence-electron chi connectivity index (χ3n) is 3.22. The molecule has 2 rings (SSSR count). The summed E-state index contributed by atoms with van der Waals surface area (Å²) >= 11 is 3.46. The molecule has 0 radical (unpaired) electrons. The maximum Gasteiger partial charge on any atom is 0.244 e. The molecule has 1 unspecified atom stereocenters. The molecule has 0 bridgehead atoms. The minimum atomic E-state index is -0.400. The van der Waals surface area contributed by atoms with Crippen molar-refractivity contribution in [3.8, 4) is 0 Å². The van der Waals surface area contributed by atoms with Gasteiger partial charge >= 0.3 is 0 Å². The zero-order valence-electron chi connectivity index (χ0n) is 10.9. The van der Waals surface area contributed by atoms with Crippen LogP contribution >= 0.6 is 15.9 Å². The van der Waals surface area contributed by atoms with Crippen LogP contribution in [-0.4, -0.2) is 23.7 Å². The molecule has 0 saturated heterocycles. The fraction of sp³-hybridized carbons (Fsp3) is 0.400. The van der Waals surface area contributed by atoms with Crippen molar-refractivity contribution in [1.82, 2.24) is 5.32 Å². The van der Waals surface area contributed by atoms with E-state index >= 15 is 0 Å². The summed E-state index contributed by atoms with van der Waals surface area (Å²) in [4.78, 5) is 11.6. The number of aryl methyl sites for hydroxylation is 1. The zero-order valence-corrected chi connectivity index (χ0v) is 12.5. The predicted octanol–water partition coefficient (Wildman–Crippen LogP) is 2.66. The van der Waals surface area contributed by atoms with E-state index in [2.05, 4.69) is 21.2 Å². The monoisotopic (exact) mass is 323 g/mol. The molecule has 19 heavy (non-hydrogen) atoms. The number of aliphatic hydroxyl groups excluding tert-OH is 1. The van der Waals surface area contributed by atoms with E-state index in [4.69, 9.17) is 0 Å². The molecule has 1 fully saturated rings. The first-order valence-electron chi connectivity index (χ1n) is 6.46. The van der Waals surface area contributed by atoms with Crippen molar-refractivity contribution in [2.75, 3.05) is 6.54 Å². The Balaban J connectivity index is 1.85. The van der Waals surface area contributed by atoms with E-state index in [1.807, 2.05) is 25.1 Å². The molecule has 2 N–H and O–H groups in total. The van der Waals surface area contributed by atoms with Crippen molar-refractivity contribution in [3.05, 3.63) is 39.9 Å². The molecule has 1 aliphatic carbocycles. The van der Waals surface area contributed by atoms with Crippen LogP contribution in [0.15, 0.2) is 28.7 Å². The van der Waals surface area contributed by atoms with Crippen LogP contribution in [0.2, 0.25) is 0 Å². The van der Waals surface area contributed by atoms with E-state index in [1.165, 1.54) is 11.6 Å². The van der Waals surface area contributed by atoms with Crippen molar-refractivity contribution in [1.29, 1.82) is 0 Å². The van der Waals surface area contributed by atoms with E-state index < -0.39 is 6.10 Å². The maximum atomic E-state index is 11.6. The molecule has 0 aromatic heterocycles. The number of benzene rings is 1. The molecular formula is C15H18BrNO2. The highest BCUT2D eigenvalue weighted by Crippen LogP contribution is 2.32. The quantitative estimate of drug-likeness (QED) is 0.818. The maximum absolute atomic E-state index is 11.6. The summed E-state index contributed by atoms with van der Waals surface area (Å²) in [5.74, 6) is 0.211. The third kappa shape index (κ3) is 4.48. The van der Waals surface area contributed by atoms with E-state index in [-0.39, 0.29) is 5.91 Å². The summed E-state index contributed by atoms with van der Waals surface area (Å²) in [5.41, 5.74) is 2.13. The first-order valence-corrected chi connectivity index (χ1v) is 7.25. The highest BCUT2D eigenvalue weighted by atomic mass is 79.9. The average Bonchev–Trinajstić information content (AvgIpc) is 3.19. The Morgan fingerprint density at radius 3 is 2.95 bits per heavy atom. The molecule has 1 aromatic carbocycles. The number of carbonyl (C=O) groups excluding carboxylic acids is 1. The van der Waals surface area contributed by atoms with Gasteiger partial charge < -0.3 is 10.4 Å². The Labute approximate surface area is 121 Å². The highest BCUT2D eigenvalue weighted by molar-refractivity contribution is 9.10. The number of nitrogens with one attached hydrogen (secondary N) is 1. The van der Waals surface area contributed by atoms with Gasteiger partial charge in [-0.2, -0.15) is 0 Å². The number of halogens is 1. The lowest BCUT2D eigenvalue weighted by molar-refractivity contribution is -0.116. The Kier molecular flexibility index (Phi) is 4.77. The van der Waals surface area contributed by atoms with Gasteiger partial charge in [-0.15, -0.1) is 0 Å². The summed E-state index contributed by atoms with van der Waals surface area (Å²) in [6.45, 7) is 2.35. The van der Waals surface area contributed by atoms with Crippen LogP contribution in [-0.2, 0) is 4.79 Å². The fourth-order valence-electron chi connectivity index (χ4n) is 1.84. The molecule has 0 spiro atoms. The van der Waals surface area contributed by atoms with E-state index in [0.29, 0.717) is 12.5 Å². The molecule has 1 atom stereocenters. The van der Waals surface area contributed by atoms with Crippen LogP contribution in [0, 0.1) is 12.8 Å². The van der Waals surface area contributed by atoms with Crippen molar-refractivity contribution in [2.45, 2.75) is 25.9 Å². The van der Waals surface area contributed by atoms with Crippen LogP contribution in [0.25, 0.3) is 6.08 Å². The van der Waals surface area contributed by atoms with Gasteiger partial charge in [0.25, 0.3) is 0 Å². The van der Waals surface area contributed by atoms with Crippen LogP contribution < -0.4 is 5.32 Å². The van der Waals surface area contributed by atoms with Gasteiger partial charge in [-0.05, 0) is 49.0 Å². The first kappa shape index (κ1) is 14.3. The second kappa shape index (κ2) is 6.35. The summed E-state index contributed by atoms with van der Waals surface area (Å²) in [6, 6.07) is 5.97. The Morgan fingerprint density at radius 1 is 1.58 bits per heavy atom. The lowest BCUT2D eigenvalue weighted by Crippen LogP contribution is -2.31. The minimum absolute atomic E-state index is 0.174. The Morgan fingerprint density at radius 2 is 2.32 bits per heavy atom. The normalized spacial score (nSPS) is 16.6. The van der Waals surface area contributed by atoms with Gasteiger partial charge in [0.05, 0.1) is 6.10 Å². The van der Waals surface area contributed by atoms with Gasteiger partial charge in [0.15, 0.2) is 0 Å². The second-order valence-electron chi connectivity index (χ2n) is 5.01. The van der Waals surface area contributed by atoms with Crippen molar-refractivity contribution in [3.63, 3.8) is 0 Å². The number of amides is 1. The fourth-order valence-corrected chi connectivity index (χ4v) is 2.47. The molecule has 1 saturated carbocycles. The lowest BCUT2D eigenvalue weighted by Gasteiger charge is -2.08. The largest absolute Gasteiger partial charge is 0.391 e. The number of aliphatic hydroxyl groups is 1. The molecule has 1 aromatic rings. The SMILES string of the molecule is Cc1ccc(/C=C/C(=O)NCC(O)C2CC2)c(Br)c1. The van der Waals surface area contributed by atoms with Gasteiger partial charge in [0.2, 0.25) is 5.91 Å². The summed E-state index contributed by atoms with van der Waals surface area (Å²) in [5, 5.41) is 12.4. The van der Waals surface area contributed by atoms with Crippen molar-refractivity contribution in [2.24, 2.45) is 5.92 Å². The average molecular weight is 324 g/mol. The van der Waals surface area contributed by atoms with E-state index in [1.54, 1.807) is 6.08 Å². The third-order valence-corrected chi connectivity index (χ3v) is 3.91. The number of hydrogen-bond donors (Lipinski definition) is 2. The smallest absolute Gasteiger partial charge is 0.244 e. The van der Waals surface area contributed by atoms with Crippen LogP contribution in [0.1, 0.15) is 24.0 Å². The summed E-state index contributed by atoms with van der Waals surface area (Å²) < 4.78 is 0.967. The Hall–Kier alpha value is -1.13. The second-order valence-corrected chi connectivity index (χ2v) is 5.86. The first-order chi connectivity index (χ1) is 9.06. The number of hydrogen-bond acceptors (Lipinski definition) is 2. The van der Waals surface area contributed by atoms with E-state index in [9.17, 15) is 9.90 Å². The molecule has 3 nitrogen and oxygen atoms in total. The van der Waals surface area contributed by atoms with Crippen LogP contribution in [0.3, 0.4) is 0 Å². The number of rotatable bonds is 5.